The van der Waals surface area contributed by atoms with E-state index in [9.17, 15) is 8.42 Å². The first-order valence-corrected chi connectivity index (χ1v) is 5.76. The lowest BCUT2D eigenvalue weighted by atomic mass is 10.6. The van der Waals surface area contributed by atoms with Gasteiger partial charge in [-0.15, -0.1) is 0 Å². The van der Waals surface area contributed by atoms with Crippen LogP contribution in [0.5, 0.6) is 0 Å². The lowest BCUT2D eigenvalue weighted by Crippen LogP contribution is -2.21. The average molecular weight is 254 g/mol. The Hall–Kier alpha value is -1.00. The topological polar surface area (TPSA) is 133 Å². The molecule has 16 heavy (non-hydrogen) atoms. The molecule has 0 aliphatic rings. The van der Waals surface area contributed by atoms with Crippen LogP contribution in [0.15, 0.2) is 21.9 Å². The van der Waals surface area contributed by atoms with Crippen LogP contribution in [-0.4, -0.2) is 54.6 Å². The smallest absolute Gasteiger partial charge is 0.315 e. The Labute approximate surface area is 92.6 Å². The van der Waals surface area contributed by atoms with Crippen LogP contribution in [0.1, 0.15) is 0 Å². The number of nitrogens with one attached hydrogen (secondary N) is 1. The van der Waals surface area contributed by atoms with Gasteiger partial charge in [0.25, 0.3) is 0 Å². The van der Waals surface area contributed by atoms with Gasteiger partial charge in [-0.1, -0.05) is 5.16 Å². The van der Waals surface area contributed by atoms with Crippen LogP contribution in [0.25, 0.3) is 0 Å². The molecule has 4 N–H and O–H groups in total. The van der Waals surface area contributed by atoms with E-state index < -0.39 is 15.1 Å². The van der Waals surface area contributed by atoms with Gasteiger partial charge >= 0.3 is 10.1 Å². The molecule has 94 valence electrons. The highest BCUT2D eigenvalue weighted by Gasteiger charge is 2.11. The third kappa shape index (κ3) is 7.31. The quantitative estimate of drug-likeness (QED) is 0.368. The fourth-order valence-electron chi connectivity index (χ4n) is 0.618. The second kappa shape index (κ2) is 8.19. The molecular formula is C7H14N2O6S. The van der Waals surface area contributed by atoms with E-state index in [1.165, 1.54) is 0 Å². The first-order valence-electron chi connectivity index (χ1n) is 4.32. The van der Waals surface area contributed by atoms with Gasteiger partial charge in [0.1, 0.15) is 6.26 Å². The molecule has 1 aromatic heterocycles. The van der Waals surface area contributed by atoms with Gasteiger partial charge in [-0.2, -0.15) is 8.42 Å². The largest absolute Gasteiger partial charge is 0.395 e. The molecule has 1 aromatic rings. The van der Waals surface area contributed by atoms with E-state index in [4.69, 9.17) is 14.8 Å². The molecule has 0 saturated carbocycles. The highest BCUT2D eigenvalue weighted by molar-refractivity contribution is 7.85. The summed E-state index contributed by atoms with van der Waals surface area (Å²) < 4.78 is 32.6. The molecule has 0 amide bonds. The van der Waals surface area contributed by atoms with Crippen molar-refractivity contribution in [3.05, 3.63) is 12.3 Å². The van der Waals surface area contributed by atoms with E-state index in [1.807, 2.05) is 0 Å². The summed E-state index contributed by atoms with van der Waals surface area (Å²) in [6, 6.07) is 1.05. The highest BCUT2D eigenvalue weighted by Crippen LogP contribution is 2.01. The number of hydrogen-bond acceptors (Lipinski definition) is 7. The van der Waals surface area contributed by atoms with Crippen LogP contribution in [0.3, 0.4) is 0 Å². The minimum Gasteiger partial charge on any atom is -0.395 e. The fourth-order valence-corrected chi connectivity index (χ4v) is 0.982. The SMILES string of the molecule is O=S(=O)(O)c1ccon1.OCCNCCO. The minimum atomic E-state index is -4.16. The van der Waals surface area contributed by atoms with Gasteiger partial charge < -0.3 is 20.1 Å². The Balaban J connectivity index is 0.000000293. The molecule has 0 saturated heterocycles. The zero-order valence-electron chi connectivity index (χ0n) is 8.40. The molecule has 9 heteroatoms. The Morgan fingerprint density at radius 2 is 1.88 bits per heavy atom. The Bertz CT molecular complexity index is 345. The van der Waals surface area contributed by atoms with Crippen LogP contribution in [0.2, 0.25) is 0 Å². The predicted octanol–water partition coefficient (Wildman–Crippen LogP) is -1.52. The maximum Gasteiger partial charge on any atom is 0.315 e. The molecule has 0 atom stereocenters. The van der Waals surface area contributed by atoms with Gasteiger partial charge in [0.2, 0.25) is 5.03 Å². The number of nitrogens with zero attached hydrogens (tertiary/aromatic N) is 1. The summed E-state index contributed by atoms with van der Waals surface area (Å²) in [5.74, 6) is 0. The van der Waals surface area contributed by atoms with Crippen molar-refractivity contribution in [2.45, 2.75) is 5.03 Å². The van der Waals surface area contributed by atoms with Crippen molar-refractivity contribution in [2.75, 3.05) is 26.3 Å². The first-order chi connectivity index (χ1) is 7.52. The number of aliphatic hydroxyl groups excluding tert-OH is 2. The third-order valence-corrected chi connectivity index (χ3v) is 1.99. The summed E-state index contributed by atoms with van der Waals surface area (Å²) in [6.45, 7) is 1.42. The maximum absolute atomic E-state index is 10.1. The highest BCUT2D eigenvalue weighted by atomic mass is 32.2. The van der Waals surface area contributed by atoms with Crippen molar-refractivity contribution in [3.63, 3.8) is 0 Å². The normalized spacial score (nSPS) is 10.7. The molecule has 0 unspecified atom stereocenters. The molecule has 0 aromatic carbocycles. The fraction of sp³-hybridized carbons (Fsp3) is 0.571. The van der Waals surface area contributed by atoms with Crippen molar-refractivity contribution >= 4 is 10.1 Å². The third-order valence-electron chi connectivity index (χ3n) is 1.26. The molecule has 0 aliphatic carbocycles. The number of rotatable bonds is 5. The Morgan fingerprint density at radius 1 is 1.31 bits per heavy atom. The van der Waals surface area contributed by atoms with Crippen molar-refractivity contribution < 1.29 is 27.7 Å². The van der Waals surface area contributed by atoms with Crippen LogP contribution in [-0.2, 0) is 10.1 Å². The van der Waals surface area contributed by atoms with Crippen molar-refractivity contribution in [2.24, 2.45) is 0 Å². The van der Waals surface area contributed by atoms with E-state index in [-0.39, 0.29) is 13.2 Å². The molecule has 0 fully saturated rings. The molecular weight excluding hydrogens is 240 g/mol. The Kier molecular flexibility index (Phi) is 7.68. The van der Waals surface area contributed by atoms with Crippen molar-refractivity contribution in [3.8, 4) is 0 Å². The molecule has 0 spiro atoms. The number of hydrogen-bond donors (Lipinski definition) is 4. The van der Waals surface area contributed by atoms with E-state index in [2.05, 4.69) is 15.0 Å². The zero-order valence-corrected chi connectivity index (χ0v) is 9.22. The van der Waals surface area contributed by atoms with Gasteiger partial charge in [0, 0.05) is 19.2 Å². The lowest BCUT2D eigenvalue weighted by molar-refractivity contribution is 0.266. The summed E-state index contributed by atoms with van der Waals surface area (Å²) in [5.41, 5.74) is 0. The predicted molar refractivity (Wildman–Crippen MR) is 53.4 cm³/mol. The first kappa shape index (κ1) is 15.0. The van der Waals surface area contributed by atoms with Crippen LogP contribution < -0.4 is 5.32 Å². The summed E-state index contributed by atoms with van der Waals surface area (Å²) in [6.07, 6.45) is 1.06. The van der Waals surface area contributed by atoms with Crippen molar-refractivity contribution in [1.82, 2.24) is 10.5 Å². The van der Waals surface area contributed by atoms with Crippen LogP contribution >= 0.6 is 0 Å². The summed E-state index contributed by atoms with van der Waals surface area (Å²) in [7, 11) is -4.16. The van der Waals surface area contributed by atoms with E-state index in [0.29, 0.717) is 13.1 Å². The molecule has 0 bridgehead atoms. The van der Waals surface area contributed by atoms with E-state index in [0.717, 1.165) is 12.3 Å². The zero-order chi connectivity index (χ0) is 12.4. The minimum absolute atomic E-state index is 0.139. The molecule has 0 radical (unpaired) electrons. The average Bonchev–Trinajstić information content (AvgIpc) is 2.72. The molecule has 8 nitrogen and oxygen atoms in total. The summed E-state index contributed by atoms with van der Waals surface area (Å²) in [4.78, 5) is 0. The van der Waals surface area contributed by atoms with E-state index >= 15 is 0 Å². The van der Waals surface area contributed by atoms with Crippen molar-refractivity contribution in [1.29, 1.82) is 0 Å². The van der Waals surface area contributed by atoms with Gasteiger partial charge in [-0.25, -0.2) is 0 Å². The maximum atomic E-state index is 10.1. The van der Waals surface area contributed by atoms with Gasteiger partial charge in [0.15, 0.2) is 0 Å². The van der Waals surface area contributed by atoms with E-state index in [1.54, 1.807) is 0 Å². The standard InChI is InChI=1S/C4H11NO2.C3H3NO4S/c6-3-1-5-2-4-7;5-9(6,7)3-1-2-8-4-3/h5-7H,1-4H2;1-2H,(H,5,6,7). The van der Waals surface area contributed by atoms with Gasteiger partial charge in [0.05, 0.1) is 13.2 Å². The number of aromatic nitrogens is 1. The number of aliphatic hydroxyl groups is 2. The second-order valence-corrected chi connectivity index (χ2v) is 3.88. The summed E-state index contributed by atoms with van der Waals surface area (Å²) >= 11 is 0. The van der Waals surface area contributed by atoms with Crippen LogP contribution in [0.4, 0.5) is 0 Å². The molecule has 1 rings (SSSR count). The monoisotopic (exact) mass is 254 g/mol. The lowest BCUT2D eigenvalue weighted by Gasteiger charge is -1.94. The van der Waals surface area contributed by atoms with Gasteiger partial charge in [-0.05, 0) is 0 Å². The van der Waals surface area contributed by atoms with Crippen LogP contribution in [0, 0.1) is 0 Å². The second-order valence-electron chi connectivity index (χ2n) is 2.51. The summed E-state index contributed by atoms with van der Waals surface area (Å²) in [5, 5.41) is 21.6. The molecule has 0 aliphatic heterocycles. The van der Waals surface area contributed by atoms with Gasteiger partial charge in [-0.3, -0.25) is 4.55 Å². The molecule has 1 heterocycles. The Morgan fingerprint density at radius 3 is 2.12 bits per heavy atom.